The molecule has 9 heteroatoms. The number of alkyl carbamates (subject to hydrolysis) is 1. The number of fused-ring (bicyclic) bond motifs is 5. The van der Waals surface area contributed by atoms with E-state index in [0.29, 0.717) is 13.1 Å². The van der Waals surface area contributed by atoms with Crippen molar-refractivity contribution in [1.82, 2.24) is 15.2 Å². The highest BCUT2D eigenvalue weighted by Crippen LogP contribution is 2.40. The summed E-state index contributed by atoms with van der Waals surface area (Å²) in [4.78, 5) is 37.4. The molecule has 0 saturated heterocycles. The van der Waals surface area contributed by atoms with Crippen LogP contribution in [0.3, 0.4) is 0 Å². The Balaban J connectivity index is 1.36. The second kappa shape index (κ2) is 12.0. The third-order valence-electron chi connectivity index (χ3n) is 6.32. The van der Waals surface area contributed by atoms with Gasteiger partial charge in [-0.15, -0.1) is 0 Å². The first-order chi connectivity index (χ1) is 18.1. The molecule has 0 radical (unpaired) electrons. The summed E-state index contributed by atoms with van der Waals surface area (Å²) in [7, 11) is 0. The lowest BCUT2D eigenvalue weighted by Crippen LogP contribution is -2.33. The molecule has 2 aromatic carbocycles. The standard InChI is InChI=1S/C29H35BrN4O4/c1-29(2,3)38-28(37)32-15-9-5-4-8-14-31-26(36)18-34-24-13-12-19(30)16-21(24)22-17-25(35)33-23-11-7-6-10-20(23)27(22)34/h6-7,10-13,16H,4-5,8-9,14-15,17-18H2,1-3H3,(H,31,36)(H,32,37)(H,33,35). The molecule has 1 aromatic heterocycles. The van der Waals surface area contributed by atoms with E-state index in [1.54, 1.807) is 0 Å². The van der Waals surface area contributed by atoms with Gasteiger partial charge in [-0.2, -0.15) is 0 Å². The van der Waals surface area contributed by atoms with E-state index in [-0.39, 0.29) is 24.8 Å². The number of anilines is 1. The SMILES string of the molecule is CC(C)(C)OC(=O)NCCCCCCNC(=O)Cn1c2c(c3cc(Br)ccc31)CC(=O)Nc1ccccc1-2. The first kappa shape index (κ1) is 27.7. The van der Waals surface area contributed by atoms with E-state index in [9.17, 15) is 14.4 Å². The van der Waals surface area contributed by atoms with Gasteiger partial charge in [-0.25, -0.2) is 4.79 Å². The summed E-state index contributed by atoms with van der Waals surface area (Å²) in [6, 6.07) is 13.7. The number of hydrogen-bond donors (Lipinski definition) is 3. The highest BCUT2D eigenvalue weighted by molar-refractivity contribution is 9.10. The minimum absolute atomic E-state index is 0.0685. The number of unbranched alkanes of at least 4 members (excludes halogenated alkanes) is 3. The number of nitrogens with zero attached hydrogens (tertiary/aromatic N) is 1. The van der Waals surface area contributed by atoms with Crippen LogP contribution in [0.25, 0.3) is 22.2 Å². The van der Waals surface area contributed by atoms with Crippen LogP contribution in [0.5, 0.6) is 0 Å². The van der Waals surface area contributed by atoms with Crippen molar-refractivity contribution < 1.29 is 19.1 Å². The van der Waals surface area contributed by atoms with Gasteiger partial charge in [-0.1, -0.05) is 47.0 Å². The lowest BCUT2D eigenvalue weighted by atomic mass is 10.0. The lowest BCUT2D eigenvalue weighted by molar-refractivity contribution is -0.121. The van der Waals surface area contributed by atoms with Crippen molar-refractivity contribution in [2.45, 2.75) is 65.0 Å². The van der Waals surface area contributed by atoms with Crippen LogP contribution in [0, 0.1) is 0 Å². The maximum Gasteiger partial charge on any atom is 0.407 e. The highest BCUT2D eigenvalue weighted by atomic mass is 79.9. The molecule has 202 valence electrons. The summed E-state index contributed by atoms with van der Waals surface area (Å²) in [6.45, 7) is 6.84. The molecule has 8 nitrogen and oxygen atoms in total. The van der Waals surface area contributed by atoms with Gasteiger partial charge in [0.2, 0.25) is 11.8 Å². The van der Waals surface area contributed by atoms with Crippen LogP contribution in [0.2, 0.25) is 0 Å². The van der Waals surface area contributed by atoms with Crippen LogP contribution in [0.4, 0.5) is 10.5 Å². The number of nitrogens with one attached hydrogen (secondary N) is 3. The summed E-state index contributed by atoms with van der Waals surface area (Å²) in [6.07, 6.45) is 3.47. The van der Waals surface area contributed by atoms with Gasteiger partial charge < -0.3 is 25.3 Å². The number of rotatable bonds is 9. The molecule has 2 heterocycles. The van der Waals surface area contributed by atoms with E-state index in [4.69, 9.17) is 4.74 Å². The quantitative estimate of drug-likeness (QED) is 0.279. The van der Waals surface area contributed by atoms with E-state index in [2.05, 4.69) is 31.9 Å². The van der Waals surface area contributed by atoms with Crippen LogP contribution < -0.4 is 16.0 Å². The average molecular weight is 584 g/mol. The molecule has 0 atom stereocenters. The minimum Gasteiger partial charge on any atom is -0.444 e. The molecule has 3 aromatic rings. The lowest BCUT2D eigenvalue weighted by Gasteiger charge is -2.19. The van der Waals surface area contributed by atoms with Gasteiger partial charge in [0, 0.05) is 34.0 Å². The van der Waals surface area contributed by atoms with Crippen LogP contribution in [0.1, 0.15) is 52.0 Å². The third-order valence-corrected chi connectivity index (χ3v) is 6.81. The predicted octanol–water partition coefficient (Wildman–Crippen LogP) is 5.77. The van der Waals surface area contributed by atoms with E-state index >= 15 is 0 Å². The topological polar surface area (TPSA) is 101 Å². The Kier molecular flexibility index (Phi) is 8.76. The number of benzene rings is 2. The number of carbonyl (C=O) groups is 3. The van der Waals surface area contributed by atoms with Crippen LogP contribution in [-0.4, -0.2) is 41.2 Å². The summed E-state index contributed by atoms with van der Waals surface area (Å²) in [5, 5.41) is 9.78. The zero-order chi connectivity index (χ0) is 27.3. The van der Waals surface area contributed by atoms with Crippen LogP contribution >= 0.6 is 15.9 Å². The molecule has 0 aliphatic carbocycles. The molecule has 1 aliphatic heterocycles. The number of hydrogen-bond acceptors (Lipinski definition) is 4. The van der Waals surface area contributed by atoms with Gasteiger partial charge in [0.05, 0.1) is 17.8 Å². The van der Waals surface area contributed by atoms with Crippen molar-refractivity contribution >= 4 is 50.4 Å². The number of para-hydroxylation sites is 1. The van der Waals surface area contributed by atoms with Crippen LogP contribution in [-0.2, 0) is 27.3 Å². The Morgan fingerprint density at radius 2 is 1.74 bits per heavy atom. The van der Waals surface area contributed by atoms with E-state index in [1.807, 2.05) is 67.8 Å². The van der Waals surface area contributed by atoms with Gasteiger partial charge in [-0.05, 0) is 63.4 Å². The number of ether oxygens (including phenoxy) is 1. The van der Waals surface area contributed by atoms with Crippen molar-refractivity contribution in [3.8, 4) is 11.3 Å². The smallest absolute Gasteiger partial charge is 0.407 e. The van der Waals surface area contributed by atoms with Crippen molar-refractivity contribution in [2.24, 2.45) is 0 Å². The largest absolute Gasteiger partial charge is 0.444 e. The molecule has 1 aliphatic rings. The molecule has 0 fully saturated rings. The zero-order valence-corrected chi connectivity index (χ0v) is 23.7. The Labute approximate surface area is 231 Å². The van der Waals surface area contributed by atoms with Gasteiger partial charge in [0.25, 0.3) is 0 Å². The molecule has 0 unspecified atom stereocenters. The second-order valence-corrected chi connectivity index (χ2v) is 11.5. The normalized spacial score (nSPS) is 12.8. The number of halogens is 1. The highest BCUT2D eigenvalue weighted by Gasteiger charge is 2.26. The number of aromatic nitrogens is 1. The summed E-state index contributed by atoms with van der Waals surface area (Å²) in [5.41, 5.74) is 3.92. The number of amides is 3. The molecule has 0 spiro atoms. The summed E-state index contributed by atoms with van der Waals surface area (Å²) >= 11 is 3.55. The first-order valence-electron chi connectivity index (χ1n) is 13.1. The second-order valence-electron chi connectivity index (χ2n) is 10.5. The van der Waals surface area contributed by atoms with Gasteiger partial charge in [-0.3, -0.25) is 9.59 Å². The van der Waals surface area contributed by atoms with Crippen molar-refractivity contribution in [2.75, 3.05) is 18.4 Å². The Hall–Kier alpha value is -3.33. The van der Waals surface area contributed by atoms with E-state index < -0.39 is 11.7 Å². The van der Waals surface area contributed by atoms with Crippen LogP contribution in [0.15, 0.2) is 46.9 Å². The fourth-order valence-corrected chi connectivity index (χ4v) is 5.10. The van der Waals surface area contributed by atoms with Gasteiger partial charge >= 0.3 is 6.09 Å². The predicted molar refractivity (Wildman–Crippen MR) is 153 cm³/mol. The maximum atomic E-state index is 13.0. The summed E-state index contributed by atoms with van der Waals surface area (Å²) in [5.74, 6) is -0.138. The molecular formula is C29H35BrN4O4. The molecule has 3 N–H and O–H groups in total. The zero-order valence-electron chi connectivity index (χ0n) is 22.2. The molecule has 0 saturated carbocycles. The van der Waals surface area contributed by atoms with Gasteiger partial charge in [0.1, 0.15) is 12.1 Å². The fourth-order valence-electron chi connectivity index (χ4n) is 4.74. The Bertz CT molecular complexity index is 1340. The maximum absolute atomic E-state index is 13.0. The average Bonchev–Trinajstić information content (AvgIpc) is 3.02. The molecular weight excluding hydrogens is 548 g/mol. The fraction of sp³-hybridized carbons (Fsp3) is 0.414. The molecule has 4 rings (SSSR count). The molecule has 3 amide bonds. The van der Waals surface area contributed by atoms with E-state index in [0.717, 1.165) is 63.6 Å². The van der Waals surface area contributed by atoms with Crippen molar-refractivity contribution in [3.63, 3.8) is 0 Å². The number of carbonyl (C=O) groups excluding carboxylic acids is 3. The monoisotopic (exact) mass is 582 g/mol. The van der Waals surface area contributed by atoms with Gasteiger partial charge in [0.15, 0.2) is 0 Å². The van der Waals surface area contributed by atoms with E-state index in [1.165, 1.54) is 0 Å². The Morgan fingerprint density at radius 1 is 1.03 bits per heavy atom. The summed E-state index contributed by atoms with van der Waals surface area (Å²) < 4.78 is 8.18. The minimum atomic E-state index is -0.498. The molecule has 0 bridgehead atoms. The van der Waals surface area contributed by atoms with Crippen molar-refractivity contribution in [3.05, 3.63) is 52.5 Å². The molecule has 38 heavy (non-hydrogen) atoms. The van der Waals surface area contributed by atoms with Crippen molar-refractivity contribution in [1.29, 1.82) is 0 Å². The first-order valence-corrected chi connectivity index (χ1v) is 13.8. The third kappa shape index (κ3) is 6.95. The Morgan fingerprint density at radius 3 is 2.47 bits per heavy atom.